The number of unbranched alkanes of at least 4 members (excludes halogenated alkanes) is 5. The molecule has 1 atom stereocenters. The van der Waals surface area contributed by atoms with Gasteiger partial charge < -0.3 is 4.98 Å². The summed E-state index contributed by atoms with van der Waals surface area (Å²) in [7, 11) is 0. The van der Waals surface area contributed by atoms with Crippen molar-refractivity contribution in [1.29, 1.82) is 0 Å². The van der Waals surface area contributed by atoms with Crippen molar-refractivity contribution >= 4 is 0 Å². The number of hydrogen-bond donors (Lipinski definition) is 1. The minimum Gasteiger partial charge on any atom is -0.365 e. The number of aromatic amines is 1. The molecule has 1 heterocycles. The molecule has 0 fully saturated rings. The highest BCUT2D eigenvalue weighted by atomic mass is 14.7. The largest absolute Gasteiger partial charge is 0.365 e. The first kappa shape index (κ1) is 14.3. The Hall–Kier alpha value is -0.720. The second kappa shape index (κ2) is 9.32. The highest BCUT2D eigenvalue weighted by Crippen LogP contribution is 2.26. The third kappa shape index (κ3) is 5.95. The smallest absolute Gasteiger partial charge is 0.0178 e. The van der Waals surface area contributed by atoms with Gasteiger partial charge in [-0.15, -0.1) is 0 Å². The van der Waals surface area contributed by atoms with Crippen LogP contribution in [0.3, 0.4) is 0 Å². The van der Waals surface area contributed by atoms with Crippen molar-refractivity contribution in [3.05, 3.63) is 24.0 Å². The Labute approximate surface area is 107 Å². The third-order valence-corrected chi connectivity index (χ3v) is 3.62. The van der Waals surface area contributed by atoms with E-state index in [1.165, 1.54) is 63.5 Å². The molecule has 1 aromatic rings. The molecule has 1 unspecified atom stereocenters. The zero-order chi connectivity index (χ0) is 12.3. The summed E-state index contributed by atoms with van der Waals surface area (Å²) in [5, 5.41) is 0. The van der Waals surface area contributed by atoms with Crippen LogP contribution >= 0.6 is 0 Å². The van der Waals surface area contributed by atoms with Gasteiger partial charge in [0.05, 0.1) is 0 Å². The first-order chi connectivity index (χ1) is 8.38. The lowest BCUT2D eigenvalue weighted by Gasteiger charge is -2.15. The Balaban J connectivity index is 2.26. The summed E-state index contributed by atoms with van der Waals surface area (Å²) in [4.78, 5) is 3.40. The quantitative estimate of drug-likeness (QED) is 0.504. The van der Waals surface area contributed by atoms with E-state index < -0.39 is 0 Å². The van der Waals surface area contributed by atoms with Crippen LogP contribution in [0.4, 0.5) is 0 Å². The lowest BCUT2D eigenvalue weighted by atomic mass is 9.92. The Kier molecular flexibility index (Phi) is 7.87. The molecule has 0 aliphatic rings. The molecular weight excluding hydrogens is 206 g/mol. The lowest BCUT2D eigenvalue weighted by Crippen LogP contribution is -1.99. The fraction of sp³-hybridized carbons (Fsp3) is 0.750. The minimum atomic E-state index is 0.770. The van der Waals surface area contributed by atoms with Gasteiger partial charge in [-0.3, -0.25) is 0 Å². The summed E-state index contributed by atoms with van der Waals surface area (Å²) in [6, 6.07) is 4.39. The molecule has 17 heavy (non-hydrogen) atoms. The van der Waals surface area contributed by atoms with Crippen LogP contribution in [0.1, 0.15) is 83.2 Å². The van der Waals surface area contributed by atoms with Crippen LogP contribution in [-0.2, 0) is 0 Å². The van der Waals surface area contributed by atoms with E-state index in [9.17, 15) is 0 Å². The average molecular weight is 235 g/mol. The van der Waals surface area contributed by atoms with Gasteiger partial charge in [-0.2, -0.15) is 0 Å². The molecule has 0 aromatic carbocycles. The standard InChI is InChI=1S/C16H29N/c1-3-5-7-8-9-12-15(11-6-4-2)16-13-10-14-17-16/h10,13-15,17H,3-9,11-12H2,1-2H3. The van der Waals surface area contributed by atoms with Crippen LogP contribution in [0.25, 0.3) is 0 Å². The lowest BCUT2D eigenvalue weighted by molar-refractivity contribution is 0.498. The molecule has 0 saturated heterocycles. The minimum absolute atomic E-state index is 0.770. The van der Waals surface area contributed by atoms with Crippen LogP contribution in [0.2, 0.25) is 0 Å². The first-order valence-corrected chi connectivity index (χ1v) is 7.51. The van der Waals surface area contributed by atoms with Gasteiger partial charge in [-0.05, 0) is 30.9 Å². The van der Waals surface area contributed by atoms with E-state index in [4.69, 9.17) is 0 Å². The molecule has 0 aliphatic heterocycles. The van der Waals surface area contributed by atoms with Crippen LogP contribution in [0.15, 0.2) is 18.3 Å². The molecule has 0 amide bonds. The highest BCUT2D eigenvalue weighted by molar-refractivity contribution is 5.09. The van der Waals surface area contributed by atoms with Crippen molar-refractivity contribution in [3.63, 3.8) is 0 Å². The van der Waals surface area contributed by atoms with Crippen LogP contribution < -0.4 is 0 Å². The van der Waals surface area contributed by atoms with Gasteiger partial charge in [0.15, 0.2) is 0 Å². The summed E-state index contributed by atoms with van der Waals surface area (Å²) in [6.07, 6.45) is 14.4. The Morgan fingerprint density at radius 3 is 2.29 bits per heavy atom. The fourth-order valence-corrected chi connectivity index (χ4v) is 2.50. The van der Waals surface area contributed by atoms with E-state index in [1.807, 2.05) is 0 Å². The summed E-state index contributed by atoms with van der Waals surface area (Å²) < 4.78 is 0. The SMILES string of the molecule is CCCCCCCC(CCCC)c1ccc[nH]1. The number of aromatic nitrogens is 1. The van der Waals surface area contributed by atoms with Crippen molar-refractivity contribution in [3.8, 4) is 0 Å². The van der Waals surface area contributed by atoms with Crippen molar-refractivity contribution in [1.82, 2.24) is 4.98 Å². The molecular formula is C16H29N. The van der Waals surface area contributed by atoms with Gasteiger partial charge in [0.1, 0.15) is 0 Å². The Bertz CT molecular complexity index is 250. The van der Waals surface area contributed by atoms with Gasteiger partial charge in [0, 0.05) is 11.9 Å². The maximum atomic E-state index is 3.40. The molecule has 1 rings (SSSR count). The summed E-state index contributed by atoms with van der Waals surface area (Å²) in [6.45, 7) is 4.57. The van der Waals surface area contributed by atoms with Gasteiger partial charge in [0.25, 0.3) is 0 Å². The van der Waals surface area contributed by atoms with Crippen LogP contribution in [0, 0.1) is 0 Å². The molecule has 0 spiro atoms. The van der Waals surface area contributed by atoms with Gasteiger partial charge in [-0.1, -0.05) is 58.8 Å². The predicted molar refractivity (Wildman–Crippen MR) is 76.4 cm³/mol. The Morgan fingerprint density at radius 1 is 0.941 bits per heavy atom. The molecule has 0 aliphatic carbocycles. The summed E-state index contributed by atoms with van der Waals surface area (Å²) >= 11 is 0. The van der Waals surface area contributed by atoms with Crippen molar-refractivity contribution in [2.75, 3.05) is 0 Å². The van der Waals surface area contributed by atoms with E-state index in [0.717, 1.165) is 5.92 Å². The number of H-pyrrole nitrogens is 1. The zero-order valence-electron chi connectivity index (χ0n) is 11.7. The second-order valence-corrected chi connectivity index (χ2v) is 5.17. The molecule has 0 saturated carbocycles. The topological polar surface area (TPSA) is 15.8 Å². The molecule has 98 valence electrons. The average Bonchev–Trinajstić information content (AvgIpc) is 2.86. The van der Waals surface area contributed by atoms with E-state index in [0.29, 0.717) is 0 Å². The molecule has 0 bridgehead atoms. The maximum Gasteiger partial charge on any atom is 0.0178 e. The summed E-state index contributed by atoms with van der Waals surface area (Å²) in [5.74, 6) is 0.770. The predicted octanol–water partition coefficient (Wildman–Crippen LogP) is 5.65. The molecule has 1 nitrogen and oxygen atoms in total. The van der Waals surface area contributed by atoms with Crippen molar-refractivity contribution in [2.45, 2.75) is 77.6 Å². The highest BCUT2D eigenvalue weighted by Gasteiger charge is 2.11. The first-order valence-electron chi connectivity index (χ1n) is 7.51. The van der Waals surface area contributed by atoms with Gasteiger partial charge in [0.2, 0.25) is 0 Å². The van der Waals surface area contributed by atoms with Crippen molar-refractivity contribution in [2.24, 2.45) is 0 Å². The van der Waals surface area contributed by atoms with Crippen molar-refractivity contribution < 1.29 is 0 Å². The summed E-state index contributed by atoms with van der Waals surface area (Å²) in [5.41, 5.74) is 1.45. The van der Waals surface area contributed by atoms with E-state index in [2.05, 4.69) is 37.2 Å². The van der Waals surface area contributed by atoms with Gasteiger partial charge in [-0.25, -0.2) is 0 Å². The van der Waals surface area contributed by atoms with E-state index >= 15 is 0 Å². The van der Waals surface area contributed by atoms with Crippen LogP contribution in [-0.4, -0.2) is 4.98 Å². The fourth-order valence-electron chi connectivity index (χ4n) is 2.50. The molecule has 1 aromatic heterocycles. The van der Waals surface area contributed by atoms with Crippen LogP contribution in [0.5, 0.6) is 0 Å². The normalized spacial score (nSPS) is 12.8. The third-order valence-electron chi connectivity index (χ3n) is 3.62. The zero-order valence-corrected chi connectivity index (χ0v) is 11.7. The number of nitrogens with one attached hydrogen (secondary N) is 1. The molecule has 1 N–H and O–H groups in total. The maximum absolute atomic E-state index is 3.40. The molecule has 1 heteroatoms. The monoisotopic (exact) mass is 235 g/mol. The number of rotatable bonds is 10. The molecule has 0 radical (unpaired) electrons. The Morgan fingerprint density at radius 2 is 1.65 bits per heavy atom. The number of hydrogen-bond acceptors (Lipinski definition) is 0. The van der Waals surface area contributed by atoms with Gasteiger partial charge >= 0.3 is 0 Å². The van der Waals surface area contributed by atoms with E-state index in [1.54, 1.807) is 0 Å². The van der Waals surface area contributed by atoms with E-state index in [-0.39, 0.29) is 0 Å². The second-order valence-electron chi connectivity index (χ2n) is 5.17.